The molecule has 1 aliphatic rings. The Bertz CT molecular complexity index is 1060. The molecule has 29 heavy (non-hydrogen) atoms. The lowest BCUT2D eigenvalue weighted by Crippen LogP contribution is -2.34. The molecular formula is C20H20ClF2N5O. The Hall–Kier alpha value is -2.58. The predicted molar refractivity (Wildman–Crippen MR) is 108 cm³/mol. The lowest BCUT2D eigenvalue weighted by molar-refractivity contribution is 0.173. The van der Waals surface area contributed by atoms with Crippen LogP contribution in [0.1, 0.15) is 19.8 Å². The standard InChI is InChI=1S/C20H20ClF2N5O/c1-11(28-6-2-3-7-28)9-29-14-8-25-18(19-15(14)20(24)27-10-26-19)12-4-5-13(22)16(21)17(12)23/h4-5,8,10-11H,2-3,6-7,9H2,1H3,(H2,24,26,27)/t11-/m1/s1. The number of nitrogen functional groups attached to an aromatic ring is 1. The zero-order chi connectivity index (χ0) is 20.5. The molecule has 152 valence electrons. The Morgan fingerprint density at radius 1 is 1.21 bits per heavy atom. The molecule has 2 aromatic heterocycles. The minimum Gasteiger partial charge on any atom is -0.489 e. The second-order valence-corrected chi connectivity index (χ2v) is 7.46. The molecule has 9 heteroatoms. The zero-order valence-corrected chi connectivity index (χ0v) is 16.6. The zero-order valence-electron chi connectivity index (χ0n) is 15.8. The Labute approximate surface area is 171 Å². The monoisotopic (exact) mass is 419 g/mol. The molecule has 4 rings (SSSR count). The number of fused-ring (bicyclic) bond motifs is 1. The molecule has 0 spiro atoms. The van der Waals surface area contributed by atoms with Gasteiger partial charge in [-0.25, -0.2) is 23.7 Å². The number of aromatic nitrogens is 3. The van der Waals surface area contributed by atoms with E-state index in [0.29, 0.717) is 23.3 Å². The molecule has 1 atom stereocenters. The van der Waals surface area contributed by atoms with Gasteiger partial charge in [-0.2, -0.15) is 0 Å². The second-order valence-electron chi connectivity index (χ2n) is 7.08. The second kappa shape index (κ2) is 8.04. The normalized spacial score (nSPS) is 15.7. The van der Waals surface area contributed by atoms with Gasteiger partial charge in [-0.15, -0.1) is 0 Å². The number of pyridine rings is 1. The third kappa shape index (κ3) is 3.70. The Balaban J connectivity index is 1.73. The number of benzene rings is 1. The van der Waals surface area contributed by atoms with E-state index < -0.39 is 16.7 Å². The van der Waals surface area contributed by atoms with Crippen molar-refractivity contribution in [2.45, 2.75) is 25.8 Å². The molecule has 6 nitrogen and oxygen atoms in total. The highest BCUT2D eigenvalue weighted by molar-refractivity contribution is 6.31. The number of nitrogens with zero attached hydrogens (tertiary/aromatic N) is 4. The van der Waals surface area contributed by atoms with Gasteiger partial charge in [0.25, 0.3) is 0 Å². The van der Waals surface area contributed by atoms with Crippen molar-refractivity contribution in [3.63, 3.8) is 0 Å². The van der Waals surface area contributed by atoms with E-state index in [9.17, 15) is 8.78 Å². The van der Waals surface area contributed by atoms with Gasteiger partial charge in [0, 0.05) is 11.6 Å². The van der Waals surface area contributed by atoms with Crippen molar-refractivity contribution in [2.24, 2.45) is 0 Å². The maximum Gasteiger partial charge on any atom is 0.154 e. The molecule has 0 saturated carbocycles. The van der Waals surface area contributed by atoms with Crippen molar-refractivity contribution in [3.05, 3.63) is 41.3 Å². The van der Waals surface area contributed by atoms with E-state index in [0.717, 1.165) is 19.2 Å². The lowest BCUT2D eigenvalue weighted by atomic mass is 10.1. The van der Waals surface area contributed by atoms with Crippen LogP contribution in [-0.4, -0.2) is 45.6 Å². The number of hydrogen-bond donors (Lipinski definition) is 1. The average Bonchev–Trinajstić information content (AvgIpc) is 3.26. The first-order valence-corrected chi connectivity index (χ1v) is 9.75. The predicted octanol–water partition coefficient (Wildman–Crippen LogP) is 4.07. The molecule has 3 heterocycles. The first-order valence-electron chi connectivity index (χ1n) is 9.37. The smallest absolute Gasteiger partial charge is 0.154 e. The molecule has 0 aliphatic carbocycles. The minimum absolute atomic E-state index is 0.0245. The van der Waals surface area contributed by atoms with Gasteiger partial charge in [-0.1, -0.05) is 11.6 Å². The number of ether oxygens (including phenoxy) is 1. The third-order valence-electron chi connectivity index (χ3n) is 5.19. The molecule has 1 aromatic carbocycles. The van der Waals surface area contributed by atoms with Crippen LogP contribution in [0.2, 0.25) is 5.02 Å². The fraction of sp³-hybridized carbons (Fsp3) is 0.350. The van der Waals surface area contributed by atoms with Gasteiger partial charge >= 0.3 is 0 Å². The van der Waals surface area contributed by atoms with Crippen molar-refractivity contribution in [2.75, 3.05) is 25.4 Å². The van der Waals surface area contributed by atoms with E-state index in [2.05, 4.69) is 26.8 Å². The van der Waals surface area contributed by atoms with Crippen LogP contribution in [0.4, 0.5) is 14.6 Å². The van der Waals surface area contributed by atoms with Gasteiger partial charge in [0.05, 0.1) is 17.3 Å². The van der Waals surface area contributed by atoms with Crippen LogP contribution < -0.4 is 10.5 Å². The topological polar surface area (TPSA) is 77.2 Å². The molecule has 0 amide bonds. The molecule has 1 aliphatic heterocycles. The molecule has 2 N–H and O–H groups in total. The van der Waals surface area contributed by atoms with Crippen LogP contribution in [0.25, 0.3) is 22.2 Å². The van der Waals surface area contributed by atoms with E-state index in [1.54, 1.807) is 0 Å². The van der Waals surface area contributed by atoms with Gasteiger partial charge in [0.1, 0.15) is 35.1 Å². The number of likely N-dealkylation sites (tertiary alicyclic amines) is 1. The fourth-order valence-corrected chi connectivity index (χ4v) is 3.75. The van der Waals surface area contributed by atoms with Crippen LogP contribution >= 0.6 is 11.6 Å². The summed E-state index contributed by atoms with van der Waals surface area (Å²) in [7, 11) is 0. The van der Waals surface area contributed by atoms with E-state index in [1.807, 2.05) is 0 Å². The van der Waals surface area contributed by atoms with Crippen molar-refractivity contribution < 1.29 is 13.5 Å². The van der Waals surface area contributed by atoms with Gasteiger partial charge in [0.2, 0.25) is 0 Å². The summed E-state index contributed by atoms with van der Waals surface area (Å²) in [5, 5.41) is -0.162. The number of halogens is 3. The van der Waals surface area contributed by atoms with E-state index in [4.69, 9.17) is 22.1 Å². The van der Waals surface area contributed by atoms with Crippen LogP contribution in [0.5, 0.6) is 5.75 Å². The highest BCUT2D eigenvalue weighted by Gasteiger charge is 2.22. The van der Waals surface area contributed by atoms with Crippen molar-refractivity contribution in [1.82, 2.24) is 19.9 Å². The average molecular weight is 420 g/mol. The van der Waals surface area contributed by atoms with Crippen LogP contribution in [0, 0.1) is 11.6 Å². The van der Waals surface area contributed by atoms with Crippen LogP contribution in [-0.2, 0) is 0 Å². The maximum absolute atomic E-state index is 14.6. The molecule has 3 aromatic rings. The molecule has 1 fully saturated rings. The molecule has 1 saturated heterocycles. The summed E-state index contributed by atoms with van der Waals surface area (Å²) in [4.78, 5) is 14.9. The molecule has 0 bridgehead atoms. The lowest BCUT2D eigenvalue weighted by Gasteiger charge is -2.24. The summed E-state index contributed by atoms with van der Waals surface area (Å²) < 4.78 is 34.1. The van der Waals surface area contributed by atoms with E-state index in [1.165, 1.54) is 31.4 Å². The van der Waals surface area contributed by atoms with Gasteiger partial charge in [-0.3, -0.25) is 4.90 Å². The van der Waals surface area contributed by atoms with Gasteiger partial charge in [-0.05, 0) is 45.0 Å². The molecular weight excluding hydrogens is 400 g/mol. The first-order chi connectivity index (χ1) is 14.0. The summed E-state index contributed by atoms with van der Waals surface area (Å²) >= 11 is 5.73. The minimum atomic E-state index is -0.908. The summed E-state index contributed by atoms with van der Waals surface area (Å²) in [5.41, 5.74) is 6.60. The van der Waals surface area contributed by atoms with Gasteiger partial charge in [0.15, 0.2) is 11.6 Å². The Morgan fingerprint density at radius 3 is 2.72 bits per heavy atom. The first kappa shape index (κ1) is 19.7. The van der Waals surface area contributed by atoms with Crippen molar-refractivity contribution in [1.29, 1.82) is 0 Å². The summed E-state index contributed by atoms with van der Waals surface area (Å²) in [5.74, 6) is -1.14. The number of rotatable bonds is 5. The SMILES string of the molecule is C[C@H](COc1cnc(-c2ccc(F)c(Cl)c2F)c2ncnc(N)c12)N1CCCC1. The van der Waals surface area contributed by atoms with Gasteiger partial charge < -0.3 is 10.5 Å². The Morgan fingerprint density at radius 2 is 1.97 bits per heavy atom. The van der Waals surface area contributed by atoms with E-state index >= 15 is 0 Å². The molecule has 0 unspecified atom stereocenters. The fourth-order valence-electron chi connectivity index (χ4n) is 3.58. The number of anilines is 1. The quantitative estimate of drug-likeness (QED) is 0.628. The summed E-state index contributed by atoms with van der Waals surface area (Å²) in [6.45, 7) is 4.66. The molecule has 0 radical (unpaired) electrons. The summed E-state index contributed by atoms with van der Waals surface area (Å²) in [6, 6.07) is 2.58. The van der Waals surface area contributed by atoms with Crippen LogP contribution in [0.15, 0.2) is 24.7 Å². The van der Waals surface area contributed by atoms with Crippen molar-refractivity contribution in [3.8, 4) is 17.0 Å². The largest absolute Gasteiger partial charge is 0.489 e. The Kier molecular flexibility index (Phi) is 5.47. The third-order valence-corrected chi connectivity index (χ3v) is 5.54. The number of nitrogens with two attached hydrogens (primary N) is 1. The highest BCUT2D eigenvalue weighted by Crippen LogP contribution is 2.36. The highest BCUT2D eigenvalue weighted by atomic mass is 35.5. The van der Waals surface area contributed by atoms with Crippen LogP contribution in [0.3, 0.4) is 0 Å². The maximum atomic E-state index is 14.6. The number of hydrogen-bond acceptors (Lipinski definition) is 6. The van der Waals surface area contributed by atoms with Crippen molar-refractivity contribution >= 4 is 28.3 Å². The summed E-state index contributed by atoms with van der Waals surface area (Å²) in [6.07, 6.45) is 5.11. The van der Waals surface area contributed by atoms with E-state index in [-0.39, 0.29) is 23.1 Å².